The maximum atomic E-state index is 15.1. The van der Waals surface area contributed by atoms with Gasteiger partial charge in [0, 0.05) is 47.2 Å². The monoisotopic (exact) mass is 468 g/mol. The second kappa shape index (κ2) is 8.50. The molecule has 1 fully saturated rings. The van der Waals surface area contributed by atoms with Crippen LogP contribution < -0.4 is 5.32 Å². The number of likely N-dealkylation sites (tertiary alicyclic amines) is 1. The van der Waals surface area contributed by atoms with Gasteiger partial charge in [0.15, 0.2) is 0 Å². The van der Waals surface area contributed by atoms with Crippen LogP contribution in [0, 0.1) is 5.82 Å². The smallest absolute Gasteiger partial charge is 0.253 e. The van der Waals surface area contributed by atoms with Gasteiger partial charge in [-0.15, -0.1) is 11.3 Å². The molecule has 0 radical (unpaired) electrons. The largest absolute Gasteiger partial charge is 0.355 e. The van der Waals surface area contributed by atoms with E-state index < -0.39 is 5.82 Å². The minimum atomic E-state index is -0.406. The van der Waals surface area contributed by atoms with Gasteiger partial charge in [-0.05, 0) is 66.9 Å². The molecule has 1 aliphatic rings. The van der Waals surface area contributed by atoms with E-state index in [9.17, 15) is 4.79 Å². The standard InChI is InChI=1S/C27H21FN4OS/c28-22-14-18(27(33)32-11-1-2-12-32)3-6-20(22)17-4-7-23-21(13-17)24(9-10-29-23)31-19-5-8-26-25(15-19)30-16-34-26/h3-10,13-16H,1-2,11-12H2,(H,29,31). The van der Waals surface area contributed by atoms with Gasteiger partial charge in [-0.25, -0.2) is 9.37 Å². The van der Waals surface area contributed by atoms with Gasteiger partial charge in [0.05, 0.1) is 21.2 Å². The zero-order valence-electron chi connectivity index (χ0n) is 18.3. The van der Waals surface area contributed by atoms with E-state index in [1.54, 1.807) is 34.6 Å². The van der Waals surface area contributed by atoms with E-state index in [0.717, 1.165) is 64.0 Å². The molecule has 0 aliphatic carbocycles. The van der Waals surface area contributed by atoms with Crippen LogP contribution in [0.25, 0.3) is 32.2 Å². The lowest BCUT2D eigenvalue weighted by Crippen LogP contribution is -2.27. The van der Waals surface area contributed by atoms with Crippen molar-refractivity contribution in [3.63, 3.8) is 0 Å². The molecular formula is C27H21FN4OS. The summed E-state index contributed by atoms with van der Waals surface area (Å²) in [6, 6.07) is 18.4. The molecule has 3 aromatic carbocycles. The summed E-state index contributed by atoms with van der Waals surface area (Å²) in [6.45, 7) is 1.48. The minimum Gasteiger partial charge on any atom is -0.355 e. The molecule has 0 saturated carbocycles. The second-order valence-corrected chi connectivity index (χ2v) is 9.33. The Labute approximate surface area is 199 Å². The summed E-state index contributed by atoms with van der Waals surface area (Å²) in [7, 11) is 0. The van der Waals surface area contributed by atoms with Crippen molar-refractivity contribution in [2.45, 2.75) is 12.8 Å². The van der Waals surface area contributed by atoms with E-state index in [0.29, 0.717) is 11.1 Å². The summed E-state index contributed by atoms with van der Waals surface area (Å²) in [6.07, 6.45) is 3.77. The number of nitrogens with one attached hydrogen (secondary N) is 1. The fraction of sp³-hybridized carbons (Fsp3) is 0.148. The number of nitrogens with zero attached hydrogens (tertiary/aromatic N) is 3. The van der Waals surface area contributed by atoms with Gasteiger partial charge in [0.25, 0.3) is 5.91 Å². The Morgan fingerprint density at radius 1 is 0.941 bits per heavy atom. The molecule has 1 saturated heterocycles. The quantitative estimate of drug-likeness (QED) is 0.322. The first-order valence-corrected chi connectivity index (χ1v) is 12.1. The van der Waals surface area contributed by atoms with E-state index in [1.807, 2.05) is 48.0 Å². The Morgan fingerprint density at radius 3 is 2.68 bits per heavy atom. The van der Waals surface area contributed by atoms with Crippen molar-refractivity contribution in [1.29, 1.82) is 0 Å². The van der Waals surface area contributed by atoms with Crippen molar-refractivity contribution >= 4 is 49.7 Å². The van der Waals surface area contributed by atoms with Crippen LogP contribution in [0.2, 0.25) is 0 Å². The number of pyridine rings is 1. The van der Waals surface area contributed by atoms with Crippen LogP contribution in [0.15, 0.2) is 72.4 Å². The third-order valence-corrected chi connectivity index (χ3v) is 7.08. The van der Waals surface area contributed by atoms with Gasteiger partial charge in [0.1, 0.15) is 5.82 Å². The number of amides is 1. The summed E-state index contributed by atoms with van der Waals surface area (Å²) in [5.74, 6) is -0.508. The Morgan fingerprint density at radius 2 is 1.82 bits per heavy atom. The summed E-state index contributed by atoms with van der Waals surface area (Å²) in [5, 5.41) is 4.34. The number of halogens is 1. The fourth-order valence-electron chi connectivity index (χ4n) is 4.50. The van der Waals surface area contributed by atoms with Crippen LogP contribution >= 0.6 is 11.3 Å². The molecule has 1 aliphatic heterocycles. The Bertz CT molecular complexity index is 1540. The third-order valence-electron chi connectivity index (χ3n) is 6.27. The van der Waals surface area contributed by atoms with Gasteiger partial charge in [-0.2, -0.15) is 0 Å². The van der Waals surface area contributed by atoms with Crippen LogP contribution in [-0.4, -0.2) is 33.9 Å². The average molecular weight is 469 g/mol. The number of anilines is 2. The maximum Gasteiger partial charge on any atom is 0.253 e. The Hall–Kier alpha value is -3.84. The number of carbonyl (C=O) groups is 1. The number of aromatic nitrogens is 2. The number of benzene rings is 3. The first kappa shape index (κ1) is 20.7. The highest BCUT2D eigenvalue weighted by Gasteiger charge is 2.20. The molecule has 3 heterocycles. The summed E-state index contributed by atoms with van der Waals surface area (Å²) in [4.78, 5) is 23.3. The second-order valence-electron chi connectivity index (χ2n) is 8.44. The normalized spacial score (nSPS) is 13.6. The topological polar surface area (TPSA) is 58.1 Å². The first-order chi connectivity index (χ1) is 16.7. The van der Waals surface area contributed by atoms with E-state index in [4.69, 9.17) is 0 Å². The number of rotatable bonds is 4. The van der Waals surface area contributed by atoms with E-state index in [1.165, 1.54) is 6.07 Å². The lowest BCUT2D eigenvalue weighted by atomic mass is 10.00. The van der Waals surface area contributed by atoms with Crippen molar-refractivity contribution in [2.75, 3.05) is 18.4 Å². The molecule has 2 aromatic heterocycles. The Kier molecular flexibility index (Phi) is 5.19. The van der Waals surface area contributed by atoms with E-state index >= 15 is 4.39 Å². The van der Waals surface area contributed by atoms with Crippen LogP contribution in [0.4, 0.5) is 15.8 Å². The zero-order valence-corrected chi connectivity index (χ0v) is 19.1. The summed E-state index contributed by atoms with van der Waals surface area (Å²) in [5.41, 5.74) is 6.97. The highest BCUT2D eigenvalue weighted by atomic mass is 32.1. The molecule has 168 valence electrons. The van der Waals surface area contributed by atoms with Crippen molar-refractivity contribution < 1.29 is 9.18 Å². The highest BCUT2D eigenvalue weighted by molar-refractivity contribution is 7.16. The van der Waals surface area contributed by atoms with Gasteiger partial charge < -0.3 is 10.2 Å². The zero-order chi connectivity index (χ0) is 23.1. The first-order valence-electron chi connectivity index (χ1n) is 11.2. The molecule has 34 heavy (non-hydrogen) atoms. The van der Waals surface area contributed by atoms with Crippen LogP contribution in [0.1, 0.15) is 23.2 Å². The molecule has 1 amide bonds. The molecule has 0 unspecified atom stereocenters. The highest BCUT2D eigenvalue weighted by Crippen LogP contribution is 2.32. The van der Waals surface area contributed by atoms with E-state index in [2.05, 4.69) is 15.3 Å². The van der Waals surface area contributed by atoms with Gasteiger partial charge in [-0.1, -0.05) is 12.1 Å². The molecule has 7 heteroatoms. The summed E-state index contributed by atoms with van der Waals surface area (Å²) < 4.78 is 16.3. The number of carbonyl (C=O) groups excluding carboxylic acids is 1. The van der Waals surface area contributed by atoms with Crippen LogP contribution in [-0.2, 0) is 0 Å². The number of thiazole rings is 1. The lowest BCUT2D eigenvalue weighted by Gasteiger charge is -2.16. The Balaban J connectivity index is 1.35. The van der Waals surface area contributed by atoms with E-state index in [-0.39, 0.29) is 5.91 Å². The number of fused-ring (bicyclic) bond motifs is 2. The van der Waals surface area contributed by atoms with Crippen LogP contribution in [0.3, 0.4) is 0 Å². The van der Waals surface area contributed by atoms with Crippen molar-refractivity contribution in [2.24, 2.45) is 0 Å². The fourth-order valence-corrected chi connectivity index (χ4v) is 5.16. The predicted molar refractivity (Wildman–Crippen MR) is 135 cm³/mol. The number of hydrogen-bond acceptors (Lipinski definition) is 5. The number of hydrogen-bond donors (Lipinski definition) is 1. The SMILES string of the molecule is O=C(c1ccc(-c2ccc3nccc(Nc4ccc5scnc5c4)c3c2)c(F)c1)N1CCCC1. The molecule has 6 rings (SSSR count). The molecule has 5 nitrogen and oxygen atoms in total. The molecule has 0 spiro atoms. The van der Waals surface area contributed by atoms with Gasteiger partial charge in [-0.3, -0.25) is 9.78 Å². The van der Waals surface area contributed by atoms with Gasteiger partial charge in [0.2, 0.25) is 0 Å². The van der Waals surface area contributed by atoms with Crippen molar-refractivity contribution in [3.8, 4) is 11.1 Å². The molecule has 1 N–H and O–H groups in total. The molecule has 0 bridgehead atoms. The molecule has 0 atom stereocenters. The maximum absolute atomic E-state index is 15.1. The molecule has 5 aromatic rings. The van der Waals surface area contributed by atoms with Gasteiger partial charge >= 0.3 is 0 Å². The summed E-state index contributed by atoms with van der Waals surface area (Å²) >= 11 is 1.61. The lowest BCUT2D eigenvalue weighted by molar-refractivity contribution is 0.0792. The molecular weight excluding hydrogens is 447 g/mol. The minimum absolute atomic E-state index is 0.103. The average Bonchev–Trinajstić information content (AvgIpc) is 3.56. The van der Waals surface area contributed by atoms with Crippen molar-refractivity contribution in [1.82, 2.24) is 14.9 Å². The third kappa shape index (κ3) is 3.78. The van der Waals surface area contributed by atoms with Crippen molar-refractivity contribution in [3.05, 3.63) is 83.8 Å². The predicted octanol–water partition coefficient (Wildman–Crippen LogP) is 6.63. The van der Waals surface area contributed by atoms with Crippen LogP contribution in [0.5, 0.6) is 0 Å².